The smallest absolute Gasteiger partial charge is 0.284 e. The van der Waals surface area contributed by atoms with E-state index in [1.54, 1.807) is 37.3 Å². The highest BCUT2D eigenvalue weighted by Crippen LogP contribution is 2.33. The Balaban J connectivity index is 1.70. The number of amides is 1. The summed E-state index contributed by atoms with van der Waals surface area (Å²) in [4.78, 5) is 12.2. The number of hydrazone groups is 1. The summed E-state index contributed by atoms with van der Waals surface area (Å²) in [5, 5.41) is 4.91. The monoisotopic (exact) mass is 398 g/mol. The molecule has 0 aromatic heterocycles. The van der Waals surface area contributed by atoms with Crippen molar-refractivity contribution in [3.8, 4) is 11.5 Å². The molecule has 0 aliphatic carbocycles. The van der Waals surface area contributed by atoms with Crippen LogP contribution in [0.5, 0.6) is 11.5 Å². The summed E-state index contributed by atoms with van der Waals surface area (Å²) in [5.41, 5.74) is 3.50. The third kappa shape index (κ3) is 3.84. The highest BCUT2D eigenvalue weighted by atomic mass is 35.5. The van der Waals surface area contributed by atoms with Gasteiger partial charge in [-0.2, -0.15) is 5.10 Å². The van der Waals surface area contributed by atoms with Gasteiger partial charge in [0.05, 0.1) is 20.8 Å². The fraction of sp³-hybridized carbons (Fsp3) is 0.176. The molecule has 0 radical (unpaired) electrons. The number of hydrogen-bond donors (Lipinski definition) is 1. The molecule has 2 aromatic carbocycles. The van der Waals surface area contributed by atoms with Crippen molar-refractivity contribution in [2.45, 2.75) is 13.0 Å². The molecule has 0 saturated carbocycles. The predicted octanol–water partition coefficient (Wildman–Crippen LogP) is 4.33. The fourth-order valence-electron chi connectivity index (χ4n) is 2.23. The minimum atomic E-state index is -0.796. The molecule has 3 rings (SSSR count). The van der Waals surface area contributed by atoms with E-state index in [0.717, 1.165) is 0 Å². The third-order valence-electron chi connectivity index (χ3n) is 3.56. The molecule has 1 unspecified atom stereocenters. The molecule has 1 atom stereocenters. The van der Waals surface area contributed by atoms with Crippen LogP contribution in [-0.4, -0.2) is 24.3 Å². The molecule has 1 aliphatic heterocycles. The first kappa shape index (κ1) is 17.9. The fourth-order valence-corrected chi connectivity index (χ4v) is 2.90. The number of hydrogen-bond acceptors (Lipinski definition) is 4. The van der Waals surface area contributed by atoms with Gasteiger partial charge in [0.1, 0.15) is 6.61 Å². The number of rotatable bonds is 3. The lowest BCUT2D eigenvalue weighted by Crippen LogP contribution is -2.42. The molecule has 2 aromatic rings. The highest BCUT2D eigenvalue weighted by molar-refractivity contribution is 6.49. The van der Waals surface area contributed by atoms with E-state index in [4.69, 9.17) is 44.3 Å². The van der Waals surface area contributed by atoms with E-state index >= 15 is 0 Å². The summed E-state index contributed by atoms with van der Waals surface area (Å²) in [6, 6.07) is 10.4. The Morgan fingerprint density at radius 1 is 1.12 bits per heavy atom. The number of fused-ring (bicyclic) bond motifs is 1. The quantitative estimate of drug-likeness (QED) is 0.475. The van der Waals surface area contributed by atoms with E-state index in [-0.39, 0.29) is 16.7 Å². The van der Waals surface area contributed by atoms with Crippen LogP contribution in [0, 0.1) is 0 Å². The number of ether oxygens (including phenoxy) is 2. The summed E-state index contributed by atoms with van der Waals surface area (Å²) in [6.07, 6.45) is -0.796. The van der Waals surface area contributed by atoms with Gasteiger partial charge in [-0.15, -0.1) is 0 Å². The number of carbonyl (C=O) groups is 1. The molecule has 0 bridgehead atoms. The molecule has 8 heteroatoms. The van der Waals surface area contributed by atoms with Gasteiger partial charge in [-0.05, 0) is 25.1 Å². The van der Waals surface area contributed by atoms with Gasteiger partial charge in [-0.3, -0.25) is 4.79 Å². The number of halogens is 3. The largest absolute Gasteiger partial charge is 0.485 e. The van der Waals surface area contributed by atoms with Crippen LogP contribution in [0.3, 0.4) is 0 Å². The Hall–Kier alpha value is -1.95. The normalized spacial score (nSPS) is 16.5. The summed E-state index contributed by atoms with van der Waals surface area (Å²) >= 11 is 18.1. The van der Waals surface area contributed by atoms with Gasteiger partial charge in [0.25, 0.3) is 5.91 Å². The van der Waals surface area contributed by atoms with E-state index in [2.05, 4.69) is 10.5 Å². The van der Waals surface area contributed by atoms with Gasteiger partial charge in [-0.1, -0.05) is 53.0 Å². The standard InChI is InChI=1S/C17H13Cl3N2O3/c1-9(10-6-7-11(18)16(20)15(10)19)21-22-17(23)14-8-24-12-4-2-3-5-13(12)25-14/h2-7,14H,8H2,1H3,(H,22,23). The number of para-hydroxylation sites is 2. The summed E-state index contributed by atoms with van der Waals surface area (Å²) in [7, 11) is 0. The molecule has 1 N–H and O–H groups in total. The maximum Gasteiger partial charge on any atom is 0.284 e. The van der Waals surface area contributed by atoms with Crippen molar-refractivity contribution in [3.05, 3.63) is 57.0 Å². The molecule has 130 valence electrons. The number of benzene rings is 2. The van der Waals surface area contributed by atoms with Gasteiger partial charge in [0, 0.05) is 5.56 Å². The number of nitrogens with one attached hydrogen (secondary N) is 1. The summed E-state index contributed by atoms with van der Waals surface area (Å²) in [5.74, 6) is 0.695. The highest BCUT2D eigenvalue weighted by Gasteiger charge is 2.27. The van der Waals surface area contributed by atoms with E-state index in [1.807, 2.05) is 6.07 Å². The first-order valence-corrected chi connectivity index (χ1v) is 8.47. The zero-order chi connectivity index (χ0) is 18.0. The Kier molecular flexibility index (Phi) is 5.37. The maximum atomic E-state index is 12.2. The van der Waals surface area contributed by atoms with Crippen LogP contribution < -0.4 is 14.9 Å². The lowest BCUT2D eigenvalue weighted by atomic mass is 10.1. The molecule has 0 saturated heterocycles. The van der Waals surface area contributed by atoms with E-state index in [1.165, 1.54) is 0 Å². The van der Waals surface area contributed by atoms with Gasteiger partial charge >= 0.3 is 0 Å². The van der Waals surface area contributed by atoms with Gasteiger partial charge in [-0.25, -0.2) is 5.43 Å². The van der Waals surface area contributed by atoms with Gasteiger partial charge in [0.15, 0.2) is 11.5 Å². The Morgan fingerprint density at radius 3 is 2.60 bits per heavy atom. The van der Waals surface area contributed by atoms with Crippen molar-refractivity contribution in [2.75, 3.05) is 6.61 Å². The van der Waals surface area contributed by atoms with E-state index in [9.17, 15) is 4.79 Å². The molecule has 1 amide bonds. The molecule has 1 heterocycles. The van der Waals surface area contributed by atoms with Crippen LogP contribution in [-0.2, 0) is 4.79 Å². The van der Waals surface area contributed by atoms with Gasteiger partial charge < -0.3 is 9.47 Å². The lowest BCUT2D eigenvalue weighted by Gasteiger charge is -2.24. The van der Waals surface area contributed by atoms with Crippen LogP contribution in [0.25, 0.3) is 0 Å². The maximum absolute atomic E-state index is 12.2. The van der Waals surface area contributed by atoms with Crippen molar-refractivity contribution >= 4 is 46.4 Å². The summed E-state index contributed by atoms with van der Waals surface area (Å²) < 4.78 is 11.1. The van der Waals surface area contributed by atoms with Crippen molar-refractivity contribution in [1.29, 1.82) is 0 Å². The minimum absolute atomic E-state index is 0.102. The second-order valence-electron chi connectivity index (χ2n) is 5.26. The minimum Gasteiger partial charge on any atom is -0.485 e. The molecular formula is C17H13Cl3N2O3. The SMILES string of the molecule is CC(=NNC(=O)C1COc2ccccc2O1)c1ccc(Cl)c(Cl)c1Cl. The Bertz CT molecular complexity index is 855. The van der Waals surface area contributed by atoms with Crippen molar-refractivity contribution < 1.29 is 14.3 Å². The van der Waals surface area contributed by atoms with Crippen LogP contribution >= 0.6 is 34.8 Å². The zero-order valence-electron chi connectivity index (χ0n) is 13.1. The topological polar surface area (TPSA) is 59.9 Å². The van der Waals surface area contributed by atoms with Crippen LogP contribution in [0.2, 0.25) is 15.1 Å². The molecular weight excluding hydrogens is 387 g/mol. The summed E-state index contributed by atoms with van der Waals surface area (Å²) in [6.45, 7) is 1.80. The van der Waals surface area contributed by atoms with Crippen molar-refractivity contribution in [2.24, 2.45) is 5.10 Å². The predicted molar refractivity (Wildman–Crippen MR) is 98.2 cm³/mol. The second-order valence-corrected chi connectivity index (χ2v) is 6.42. The average molecular weight is 400 g/mol. The van der Waals surface area contributed by atoms with Crippen LogP contribution in [0.4, 0.5) is 0 Å². The van der Waals surface area contributed by atoms with E-state index in [0.29, 0.717) is 27.8 Å². The average Bonchev–Trinajstić information content (AvgIpc) is 2.63. The van der Waals surface area contributed by atoms with Gasteiger partial charge in [0.2, 0.25) is 6.10 Å². The lowest BCUT2D eigenvalue weighted by molar-refractivity contribution is -0.130. The van der Waals surface area contributed by atoms with Crippen molar-refractivity contribution in [1.82, 2.24) is 5.43 Å². The number of carbonyl (C=O) groups excluding carboxylic acids is 1. The zero-order valence-corrected chi connectivity index (χ0v) is 15.3. The molecule has 0 spiro atoms. The molecule has 0 fully saturated rings. The molecule has 1 aliphatic rings. The van der Waals surface area contributed by atoms with E-state index < -0.39 is 12.0 Å². The van der Waals surface area contributed by atoms with Crippen LogP contribution in [0.15, 0.2) is 41.5 Å². The Morgan fingerprint density at radius 2 is 1.84 bits per heavy atom. The Labute approximate surface area is 159 Å². The molecule has 25 heavy (non-hydrogen) atoms. The van der Waals surface area contributed by atoms with Crippen molar-refractivity contribution in [3.63, 3.8) is 0 Å². The first-order chi connectivity index (χ1) is 12.0. The second kappa shape index (κ2) is 7.52. The third-order valence-corrected chi connectivity index (χ3v) is 4.85. The van der Waals surface area contributed by atoms with Crippen LogP contribution in [0.1, 0.15) is 12.5 Å². The molecule has 5 nitrogen and oxygen atoms in total. The first-order valence-electron chi connectivity index (χ1n) is 7.34. The number of nitrogens with zero attached hydrogens (tertiary/aromatic N) is 1.